The van der Waals surface area contributed by atoms with Crippen molar-refractivity contribution < 1.29 is 4.79 Å². The summed E-state index contributed by atoms with van der Waals surface area (Å²) in [6, 6.07) is 3.24. The number of rotatable bonds is 3. The Morgan fingerprint density at radius 2 is 2.39 bits per heavy atom. The van der Waals surface area contributed by atoms with E-state index in [2.05, 4.69) is 20.5 Å². The SMILES string of the molecule is CNC(=O)C(C)n1c(-c2cccnc2)n[nH]c1=S. The van der Waals surface area contributed by atoms with E-state index in [1.807, 2.05) is 12.1 Å². The molecule has 0 bridgehead atoms. The number of pyridine rings is 1. The average Bonchev–Trinajstić information content (AvgIpc) is 2.80. The molecule has 0 saturated heterocycles. The summed E-state index contributed by atoms with van der Waals surface area (Å²) in [4.78, 5) is 15.7. The molecule has 0 aliphatic heterocycles. The lowest BCUT2D eigenvalue weighted by molar-refractivity contribution is -0.123. The molecule has 2 aromatic heterocycles. The van der Waals surface area contributed by atoms with Gasteiger partial charge in [-0.25, -0.2) is 0 Å². The van der Waals surface area contributed by atoms with Crippen molar-refractivity contribution in [3.8, 4) is 11.4 Å². The first-order valence-corrected chi connectivity index (χ1v) is 5.85. The second kappa shape index (κ2) is 5.09. The highest BCUT2D eigenvalue weighted by Gasteiger charge is 2.19. The molecule has 0 aliphatic rings. The van der Waals surface area contributed by atoms with Gasteiger partial charge >= 0.3 is 0 Å². The molecule has 1 atom stereocenters. The van der Waals surface area contributed by atoms with Crippen LogP contribution in [0.5, 0.6) is 0 Å². The number of likely N-dealkylation sites (N-methyl/N-ethyl adjacent to an activating group) is 1. The van der Waals surface area contributed by atoms with Crippen molar-refractivity contribution in [1.29, 1.82) is 0 Å². The third kappa shape index (κ3) is 2.17. The van der Waals surface area contributed by atoms with Crippen molar-refractivity contribution in [3.63, 3.8) is 0 Å². The minimum atomic E-state index is -0.434. The predicted octanol–water partition coefficient (Wildman–Crippen LogP) is 1.31. The van der Waals surface area contributed by atoms with Crippen molar-refractivity contribution in [2.45, 2.75) is 13.0 Å². The molecule has 6 nitrogen and oxygen atoms in total. The van der Waals surface area contributed by atoms with Crippen molar-refractivity contribution in [2.24, 2.45) is 0 Å². The summed E-state index contributed by atoms with van der Waals surface area (Å²) >= 11 is 5.16. The Bertz CT molecular complexity index is 603. The van der Waals surface area contributed by atoms with Crippen LogP contribution < -0.4 is 5.32 Å². The van der Waals surface area contributed by atoms with E-state index < -0.39 is 6.04 Å². The normalized spacial score (nSPS) is 12.1. The van der Waals surface area contributed by atoms with Gasteiger partial charge in [0.2, 0.25) is 5.91 Å². The number of H-pyrrole nitrogens is 1. The fourth-order valence-corrected chi connectivity index (χ4v) is 1.98. The number of amides is 1. The third-order valence-corrected chi connectivity index (χ3v) is 2.93. The van der Waals surface area contributed by atoms with Crippen molar-refractivity contribution in [1.82, 2.24) is 25.1 Å². The largest absolute Gasteiger partial charge is 0.357 e. The maximum absolute atomic E-state index is 11.7. The molecule has 0 fully saturated rings. The van der Waals surface area contributed by atoms with Crippen molar-refractivity contribution in [3.05, 3.63) is 29.3 Å². The molecule has 2 aromatic rings. The van der Waals surface area contributed by atoms with Gasteiger partial charge in [-0.15, -0.1) is 0 Å². The Kier molecular flexibility index (Phi) is 3.52. The standard InChI is InChI=1S/C11H13N5OS/c1-7(10(17)12-2)16-9(14-15-11(16)18)8-4-3-5-13-6-8/h3-7H,1-2H3,(H,12,17)(H,15,18). The Hall–Kier alpha value is -2.02. The lowest BCUT2D eigenvalue weighted by Crippen LogP contribution is -2.28. The van der Waals surface area contributed by atoms with Gasteiger partial charge in [-0.1, -0.05) is 0 Å². The summed E-state index contributed by atoms with van der Waals surface area (Å²) in [5.74, 6) is 0.474. The molecular weight excluding hydrogens is 250 g/mol. The van der Waals surface area contributed by atoms with Gasteiger partial charge in [-0.3, -0.25) is 19.4 Å². The zero-order chi connectivity index (χ0) is 13.1. The first-order chi connectivity index (χ1) is 8.65. The number of carbonyl (C=O) groups is 1. The molecule has 1 amide bonds. The average molecular weight is 263 g/mol. The Morgan fingerprint density at radius 1 is 1.61 bits per heavy atom. The molecule has 2 rings (SSSR count). The molecule has 0 spiro atoms. The molecule has 18 heavy (non-hydrogen) atoms. The summed E-state index contributed by atoms with van der Waals surface area (Å²) in [5.41, 5.74) is 0.806. The summed E-state index contributed by atoms with van der Waals surface area (Å²) < 4.78 is 2.08. The van der Waals surface area contributed by atoms with Crippen molar-refractivity contribution >= 4 is 18.1 Å². The summed E-state index contributed by atoms with van der Waals surface area (Å²) in [7, 11) is 1.59. The highest BCUT2D eigenvalue weighted by Crippen LogP contribution is 2.20. The van der Waals surface area contributed by atoms with E-state index in [-0.39, 0.29) is 5.91 Å². The zero-order valence-electron chi connectivity index (χ0n) is 10.0. The van der Waals surface area contributed by atoms with E-state index in [1.54, 1.807) is 30.9 Å². The van der Waals surface area contributed by atoms with E-state index in [1.165, 1.54) is 0 Å². The van der Waals surface area contributed by atoms with Gasteiger partial charge in [-0.05, 0) is 31.3 Å². The number of aromatic nitrogens is 4. The molecule has 0 saturated carbocycles. The number of nitrogens with one attached hydrogen (secondary N) is 2. The summed E-state index contributed by atoms with van der Waals surface area (Å²) in [6.07, 6.45) is 3.36. The number of nitrogens with zero attached hydrogens (tertiary/aromatic N) is 3. The molecule has 94 valence electrons. The van der Waals surface area contributed by atoms with E-state index in [9.17, 15) is 4.79 Å². The number of hydrogen-bond donors (Lipinski definition) is 2. The van der Waals surface area contributed by atoms with Gasteiger partial charge in [0.1, 0.15) is 6.04 Å². The third-order valence-electron chi connectivity index (χ3n) is 2.64. The molecule has 2 N–H and O–H groups in total. The van der Waals surface area contributed by atoms with Crippen LogP contribution in [0.4, 0.5) is 0 Å². The first kappa shape index (κ1) is 12.4. The van der Waals surface area contributed by atoms with Crippen LogP contribution in [0.15, 0.2) is 24.5 Å². The van der Waals surface area contributed by atoms with Crippen LogP contribution in [0.25, 0.3) is 11.4 Å². The fraction of sp³-hybridized carbons (Fsp3) is 0.273. The van der Waals surface area contributed by atoms with E-state index in [0.717, 1.165) is 5.56 Å². The fourth-order valence-electron chi connectivity index (χ4n) is 1.69. The molecule has 1 unspecified atom stereocenters. The van der Waals surface area contributed by atoms with E-state index in [0.29, 0.717) is 10.6 Å². The van der Waals surface area contributed by atoms with Crippen LogP contribution in [0, 0.1) is 4.77 Å². The Balaban J connectivity index is 2.52. The number of carbonyl (C=O) groups excluding carboxylic acids is 1. The quantitative estimate of drug-likeness (QED) is 0.819. The van der Waals surface area contributed by atoms with Gasteiger partial charge in [0.25, 0.3) is 0 Å². The number of aromatic amines is 1. The minimum Gasteiger partial charge on any atom is -0.357 e. The zero-order valence-corrected chi connectivity index (χ0v) is 10.9. The van der Waals surface area contributed by atoms with Crippen LogP contribution in [-0.4, -0.2) is 32.7 Å². The highest BCUT2D eigenvalue weighted by atomic mass is 32.1. The molecule has 0 radical (unpaired) electrons. The Labute approximate surface area is 109 Å². The van der Waals surface area contributed by atoms with Gasteiger partial charge < -0.3 is 5.32 Å². The van der Waals surface area contributed by atoms with Crippen LogP contribution in [0.1, 0.15) is 13.0 Å². The lowest BCUT2D eigenvalue weighted by atomic mass is 10.2. The lowest BCUT2D eigenvalue weighted by Gasteiger charge is -2.13. The molecule has 0 aliphatic carbocycles. The van der Waals surface area contributed by atoms with Crippen molar-refractivity contribution in [2.75, 3.05) is 7.05 Å². The van der Waals surface area contributed by atoms with Gasteiger partial charge in [-0.2, -0.15) is 5.10 Å². The molecule has 0 aromatic carbocycles. The predicted molar refractivity (Wildman–Crippen MR) is 69.4 cm³/mol. The molecule has 7 heteroatoms. The molecular formula is C11H13N5OS. The monoisotopic (exact) mass is 263 g/mol. The second-order valence-corrected chi connectivity index (χ2v) is 4.14. The van der Waals surface area contributed by atoms with Crippen LogP contribution in [0.3, 0.4) is 0 Å². The van der Waals surface area contributed by atoms with E-state index >= 15 is 0 Å². The van der Waals surface area contributed by atoms with Gasteiger partial charge in [0, 0.05) is 25.0 Å². The van der Waals surface area contributed by atoms with Crippen LogP contribution in [0.2, 0.25) is 0 Å². The second-order valence-electron chi connectivity index (χ2n) is 3.75. The van der Waals surface area contributed by atoms with Crippen LogP contribution >= 0.6 is 12.2 Å². The van der Waals surface area contributed by atoms with Crippen LogP contribution in [-0.2, 0) is 4.79 Å². The topological polar surface area (TPSA) is 75.6 Å². The van der Waals surface area contributed by atoms with E-state index in [4.69, 9.17) is 12.2 Å². The maximum atomic E-state index is 11.7. The molecule has 2 heterocycles. The van der Waals surface area contributed by atoms with Gasteiger partial charge in [0.05, 0.1) is 0 Å². The van der Waals surface area contributed by atoms with Gasteiger partial charge in [0.15, 0.2) is 10.6 Å². The first-order valence-electron chi connectivity index (χ1n) is 5.44. The minimum absolute atomic E-state index is 0.127. The highest BCUT2D eigenvalue weighted by molar-refractivity contribution is 7.71. The smallest absolute Gasteiger partial charge is 0.242 e. The summed E-state index contributed by atoms with van der Waals surface area (Å²) in [5, 5.41) is 9.45. The summed E-state index contributed by atoms with van der Waals surface area (Å²) in [6.45, 7) is 1.77. The Morgan fingerprint density at radius 3 is 3.00 bits per heavy atom. The number of hydrogen-bond acceptors (Lipinski definition) is 4. The maximum Gasteiger partial charge on any atom is 0.242 e.